The second-order valence-electron chi connectivity index (χ2n) is 5.41. The van der Waals surface area contributed by atoms with Crippen LogP contribution < -0.4 is 10.1 Å². The van der Waals surface area contributed by atoms with Gasteiger partial charge in [0.15, 0.2) is 15.2 Å². The molecule has 0 saturated heterocycles. The zero-order valence-corrected chi connectivity index (χ0v) is 17.6. The van der Waals surface area contributed by atoms with Crippen molar-refractivity contribution in [3.63, 3.8) is 0 Å². The standard InChI is InChI=1S/C12H18O3.C7H18NO2P/c1-3-11-6-4-5-7-12(11)15-10-14-9-8-13-2;1-3-5-6-8-7-11(9)10-4-2/h4-7H,3,8-10H2,1-2H3;8-9H,3-7H2,1-2H3. The predicted octanol–water partition coefficient (Wildman–Crippen LogP) is 3.92. The van der Waals surface area contributed by atoms with Gasteiger partial charge in [-0.2, -0.15) is 0 Å². The van der Waals surface area contributed by atoms with Crippen LogP contribution in [0.3, 0.4) is 0 Å². The van der Waals surface area contributed by atoms with Crippen molar-refractivity contribution in [1.82, 2.24) is 5.32 Å². The van der Waals surface area contributed by atoms with Gasteiger partial charge in [0.2, 0.25) is 0 Å². The van der Waals surface area contributed by atoms with Crippen LogP contribution in [0.5, 0.6) is 5.75 Å². The van der Waals surface area contributed by atoms with E-state index in [2.05, 4.69) is 25.2 Å². The maximum atomic E-state index is 9.13. The van der Waals surface area contributed by atoms with E-state index in [1.807, 2.05) is 25.1 Å². The summed E-state index contributed by atoms with van der Waals surface area (Å²) < 4.78 is 20.6. The maximum absolute atomic E-state index is 9.13. The van der Waals surface area contributed by atoms with Crippen molar-refractivity contribution in [3.05, 3.63) is 29.8 Å². The monoisotopic (exact) mass is 389 g/mol. The Morgan fingerprint density at radius 3 is 2.54 bits per heavy atom. The SMILES string of the molecule is CCCCNCP(O)OCC.CCc1ccccc1OCOCCOC. The maximum Gasteiger partial charge on any atom is 0.189 e. The first-order valence-electron chi connectivity index (χ1n) is 9.26. The van der Waals surface area contributed by atoms with E-state index in [1.165, 1.54) is 12.0 Å². The third-order valence-electron chi connectivity index (χ3n) is 3.32. The third-order valence-corrected chi connectivity index (χ3v) is 4.37. The molecule has 2 N–H and O–H groups in total. The minimum absolute atomic E-state index is 0.278. The Balaban J connectivity index is 0.000000508. The Kier molecular flexibility index (Phi) is 18.5. The van der Waals surface area contributed by atoms with Gasteiger partial charge in [-0.3, -0.25) is 0 Å². The molecule has 1 atom stereocenters. The molecule has 6 nitrogen and oxygen atoms in total. The first-order chi connectivity index (χ1) is 12.7. The first-order valence-corrected chi connectivity index (χ1v) is 10.7. The van der Waals surface area contributed by atoms with Gasteiger partial charge in [0.05, 0.1) is 26.1 Å². The van der Waals surface area contributed by atoms with Crippen LogP contribution in [0.15, 0.2) is 24.3 Å². The minimum Gasteiger partial charge on any atom is -0.467 e. The minimum atomic E-state index is -1.21. The van der Waals surface area contributed by atoms with E-state index in [0.29, 0.717) is 26.1 Å². The van der Waals surface area contributed by atoms with Gasteiger partial charge in [0, 0.05) is 7.11 Å². The fraction of sp³-hybridized carbons (Fsp3) is 0.684. The fourth-order valence-electron chi connectivity index (χ4n) is 1.91. The summed E-state index contributed by atoms with van der Waals surface area (Å²) in [6.07, 6.45) is 3.91. The van der Waals surface area contributed by atoms with Crippen molar-refractivity contribution >= 4 is 8.38 Å². The average Bonchev–Trinajstić information content (AvgIpc) is 2.66. The zero-order chi connectivity index (χ0) is 19.5. The second kappa shape index (κ2) is 19.0. The summed E-state index contributed by atoms with van der Waals surface area (Å²) in [4.78, 5) is 9.13. The molecule has 0 heterocycles. The van der Waals surface area contributed by atoms with E-state index >= 15 is 0 Å². The number of benzene rings is 1. The molecule has 1 aromatic rings. The number of methoxy groups -OCH3 is 1. The van der Waals surface area contributed by atoms with Gasteiger partial charge in [-0.15, -0.1) is 0 Å². The predicted molar refractivity (Wildman–Crippen MR) is 108 cm³/mol. The first kappa shape index (κ1) is 25.2. The summed E-state index contributed by atoms with van der Waals surface area (Å²) in [5, 5.41) is 3.12. The Bertz CT molecular complexity index is 423. The van der Waals surface area contributed by atoms with Crippen LogP contribution in [-0.4, -0.2) is 51.4 Å². The van der Waals surface area contributed by atoms with Crippen LogP contribution >= 0.6 is 8.38 Å². The summed E-state index contributed by atoms with van der Waals surface area (Å²) in [5.74, 6) is 0.900. The molecule has 0 aliphatic rings. The molecular weight excluding hydrogens is 353 g/mol. The summed E-state index contributed by atoms with van der Waals surface area (Å²) in [6, 6.07) is 7.99. The molecule has 26 heavy (non-hydrogen) atoms. The normalized spacial score (nSPS) is 11.6. The second-order valence-corrected chi connectivity index (χ2v) is 6.68. The largest absolute Gasteiger partial charge is 0.467 e. The van der Waals surface area contributed by atoms with E-state index in [1.54, 1.807) is 7.11 Å². The molecule has 0 radical (unpaired) electrons. The van der Waals surface area contributed by atoms with Gasteiger partial charge >= 0.3 is 0 Å². The fourth-order valence-corrected chi connectivity index (χ4v) is 2.65. The Morgan fingerprint density at radius 1 is 1.12 bits per heavy atom. The number of para-hydroxylation sites is 1. The molecule has 0 aliphatic carbocycles. The van der Waals surface area contributed by atoms with Crippen LogP contribution in [-0.2, 0) is 20.4 Å². The molecule has 0 saturated carbocycles. The lowest BCUT2D eigenvalue weighted by molar-refractivity contribution is -0.00884. The van der Waals surface area contributed by atoms with Gasteiger partial charge in [-0.1, -0.05) is 38.5 Å². The van der Waals surface area contributed by atoms with Crippen molar-refractivity contribution < 1.29 is 23.6 Å². The number of ether oxygens (including phenoxy) is 3. The quantitative estimate of drug-likeness (QED) is 0.286. The number of unbranched alkanes of at least 4 members (excludes halogenated alkanes) is 1. The highest BCUT2D eigenvalue weighted by Gasteiger charge is 2.01. The molecule has 0 amide bonds. The van der Waals surface area contributed by atoms with Gasteiger partial charge in [0.25, 0.3) is 0 Å². The topological polar surface area (TPSA) is 69.2 Å². The number of aryl methyl sites for hydroxylation is 1. The Labute approximate surface area is 160 Å². The van der Waals surface area contributed by atoms with E-state index in [-0.39, 0.29) is 6.79 Å². The van der Waals surface area contributed by atoms with Gasteiger partial charge < -0.3 is 28.9 Å². The molecule has 0 fully saturated rings. The van der Waals surface area contributed by atoms with E-state index in [0.717, 1.165) is 25.1 Å². The number of rotatable bonds is 14. The Morgan fingerprint density at radius 2 is 1.88 bits per heavy atom. The van der Waals surface area contributed by atoms with Crippen LogP contribution in [0.25, 0.3) is 0 Å². The summed E-state index contributed by atoms with van der Waals surface area (Å²) in [6.45, 7) is 9.14. The van der Waals surface area contributed by atoms with E-state index in [4.69, 9.17) is 23.6 Å². The number of hydrogen-bond acceptors (Lipinski definition) is 6. The van der Waals surface area contributed by atoms with Crippen molar-refractivity contribution in [1.29, 1.82) is 0 Å². The number of nitrogens with one attached hydrogen (secondary N) is 1. The molecule has 0 aromatic heterocycles. The van der Waals surface area contributed by atoms with Crippen LogP contribution in [0, 0.1) is 0 Å². The smallest absolute Gasteiger partial charge is 0.189 e. The highest BCUT2D eigenvalue weighted by Crippen LogP contribution is 2.28. The van der Waals surface area contributed by atoms with Crippen molar-refractivity contribution in [2.75, 3.05) is 46.6 Å². The summed E-state index contributed by atoms with van der Waals surface area (Å²) >= 11 is 0. The summed E-state index contributed by atoms with van der Waals surface area (Å²) in [7, 11) is 0.441. The lowest BCUT2D eigenvalue weighted by atomic mass is 10.1. The van der Waals surface area contributed by atoms with E-state index in [9.17, 15) is 0 Å². The van der Waals surface area contributed by atoms with Crippen molar-refractivity contribution in [2.24, 2.45) is 0 Å². The molecule has 0 spiro atoms. The summed E-state index contributed by atoms with van der Waals surface area (Å²) in [5.41, 5.74) is 1.20. The molecule has 0 aliphatic heterocycles. The van der Waals surface area contributed by atoms with E-state index < -0.39 is 8.38 Å². The highest BCUT2D eigenvalue weighted by molar-refractivity contribution is 7.46. The lowest BCUT2D eigenvalue weighted by Crippen LogP contribution is -2.15. The van der Waals surface area contributed by atoms with Crippen molar-refractivity contribution in [3.8, 4) is 5.75 Å². The molecular formula is C19H36NO5P. The van der Waals surface area contributed by atoms with Crippen molar-refractivity contribution in [2.45, 2.75) is 40.0 Å². The zero-order valence-electron chi connectivity index (χ0n) is 16.7. The van der Waals surface area contributed by atoms with Gasteiger partial charge in [0.1, 0.15) is 5.75 Å². The number of hydrogen-bond donors (Lipinski definition) is 2. The highest BCUT2D eigenvalue weighted by atomic mass is 31.2. The lowest BCUT2D eigenvalue weighted by Gasteiger charge is -2.10. The van der Waals surface area contributed by atoms with Crippen LogP contribution in [0.2, 0.25) is 0 Å². The average molecular weight is 389 g/mol. The van der Waals surface area contributed by atoms with Gasteiger partial charge in [-0.25, -0.2) is 0 Å². The Hall–Kier alpha value is -0.750. The van der Waals surface area contributed by atoms with Crippen LogP contribution in [0.4, 0.5) is 0 Å². The molecule has 152 valence electrons. The molecule has 0 bridgehead atoms. The van der Waals surface area contributed by atoms with Crippen LogP contribution in [0.1, 0.15) is 39.2 Å². The molecule has 7 heteroatoms. The molecule has 1 aromatic carbocycles. The third kappa shape index (κ3) is 14.4. The van der Waals surface area contributed by atoms with Gasteiger partial charge in [-0.05, 0) is 37.9 Å². The molecule has 1 rings (SSSR count). The molecule has 1 unspecified atom stereocenters.